The minimum absolute atomic E-state index is 0.144. The largest absolute Gasteiger partial charge is 0.352 e. The quantitative estimate of drug-likeness (QED) is 0.720. The number of nitrogens with one attached hydrogen (secondary N) is 1. The molecule has 2 aliphatic heterocycles. The van der Waals surface area contributed by atoms with Crippen LogP contribution in [0.2, 0.25) is 0 Å². The fourth-order valence-corrected chi connectivity index (χ4v) is 5.05. The van der Waals surface area contributed by atoms with Crippen molar-refractivity contribution in [3.05, 3.63) is 71.3 Å². The Morgan fingerprint density at radius 1 is 0.871 bits per heavy atom. The highest BCUT2D eigenvalue weighted by atomic mass is 16.1. The number of hydrogen-bond donors (Lipinski definition) is 1. The van der Waals surface area contributed by atoms with E-state index in [1.54, 1.807) is 0 Å². The smallest absolute Gasteiger partial charge is 0.223 e. The molecule has 2 fully saturated rings. The molecule has 4 heteroatoms. The predicted molar refractivity (Wildman–Crippen MR) is 126 cm³/mol. The molecule has 1 amide bonds. The van der Waals surface area contributed by atoms with Crippen molar-refractivity contribution in [2.45, 2.75) is 52.2 Å². The summed E-state index contributed by atoms with van der Waals surface area (Å²) in [4.78, 5) is 17.8. The Balaban J connectivity index is 1.21. The molecular formula is C27H37N3O. The van der Waals surface area contributed by atoms with Gasteiger partial charge in [0.25, 0.3) is 0 Å². The third-order valence-corrected chi connectivity index (χ3v) is 6.81. The van der Waals surface area contributed by atoms with Crippen molar-refractivity contribution in [3.63, 3.8) is 0 Å². The molecule has 0 spiro atoms. The summed E-state index contributed by atoms with van der Waals surface area (Å²) in [5, 5.41) is 3.20. The monoisotopic (exact) mass is 419 g/mol. The van der Waals surface area contributed by atoms with Crippen molar-refractivity contribution in [3.8, 4) is 0 Å². The Morgan fingerprint density at radius 2 is 1.58 bits per heavy atom. The summed E-state index contributed by atoms with van der Waals surface area (Å²) in [7, 11) is 0. The van der Waals surface area contributed by atoms with E-state index in [0.29, 0.717) is 6.54 Å². The van der Waals surface area contributed by atoms with Gasteiger partial charge < -0.3 is 5.32 Å². The SMILES string of the molecule is CC1CCCN(Cc2cccc(CNC(=O)C3CCN(Cc4ccccc4)CC3)c2)C1. The summed E-state index contributed by atoms with van der Waals surface area (Å²) >= 11 is 0. The highest BCUT2D eigenvalue weighted by molar-refractivity contribution is 5.78. The van der Waals surface area contributed by atoms with Gasteiger partial charge in [0.15, 0.2) is 0 Å². The van der Waals surface area contributed by atoms with Crippen LogP contribution in [-0.2, 0) is 24.4 Å². The maximum atomic E-state index is 12.7. The number of carbonyl (C=O) groups is 1. The number of hydrogen-bond acceptors (Lipinski definition) is 3. The average molecular weight is 420 g/mol. The molecule has 31 heavy (non-hydrogen) atoms. The molecule has 0 radical (unpaired) electrons. The first-order valence-corrected chi connectivity index (χ1v) is 12.0. The second kappa shape index (κ2) is 10.9. The second-order valence-electron chi connectivity index (χ2n) is 9.56. The first-order chi connectivity index (χ1) is 15.2. The van der Waals surface area contributed by atoms with Gasteiger partial charge in [-0.15, -0.1) is 0 Å². The molecule has 2 aromatic rings. The molecule has 2 aliphatic rings. The number of rotatable bonds is 7. The predicted octanol–water partition coefficient (Wildman–Crippen LogP) is 4.45. The fourth-order valence-electron chi connectivity index (χ4n) is 5.05. The van der Waals surface area contributed by atoms with Crippen LogP contribution in [0.15, 0.2) is 54.6 Å². The second-order valence-corrected chi connectivity index (χ2v) is 9.56. The molecule has 2 heterocycles. The number of carbonyl (C=O) groups excluding carboxylic acids is 1. The zero-order valence-corrected chi connectivity index (χ0v) is 18.9. The number of benzene rings is 2. The standard InChI is InChI=1S/C27H37N3O/c1-22-7-6-14-30(19-22)21-25-11-5-10-24(17-25)18-28-27(31)26-12-15-29(16-13-26)20-23-8-3-2-4-9-23/h2-5,8-11,17,22,26H,6-7,12-16,18-21H2,1H3,(H,28,31). The molecule has 1 atom stereocenters. The Kier molecular flexibility index (Phi) is 7.76. The number of nitrogens with zero attached hydrogens (tertiary/aromatic N) is 2. The molecule has 4 rings (SSSR count). The van der Waals surface area contributed by atoms with Crippen LogP contribution in [0.5, 0.6) is 0 Å². The van der Waals surface area contributed by atoms with Crippen LogP contribution in [0.4, 0.5) is 0 Å². The molecule has 2 saturated heterocycles. The molecule has 166 valence electrons. The number of amides is 1. The van der Waals surface area contributed by atoms with Crippen LogP contribution in [0.25, 0.3) is 0 Å². The van der Waals surface area contributed by atoms with Crippen molar-refractivity contribution in [1.82, 2.24) is 15.1 Å². The van der Waals surface area contributed by atoms with E-state index in [1.165, 1.54) is 42.6 Å². The molecule has 1 unspecified atom stereocenters. The molecule has 2 aromatic carbocycles. The third-order valence-electron chi connectivity index (χ3n) is 6.81. The lowest BCUT2D eigenvalue weighted by Crippen LogP contribution is -2.40. The van der Waals surface area contributed by atoms with Crippen molar-refractivity contribution in [2.24, 2.45) is 11.8 Å². The van der Waals surface area contributed by atoms with E-state index in [2.05, 4.69) is 76.6 Å². The van der Waals surface area contributed by atoms with Crippen molar-refractivity contribution in [1.29, 1.82) is 0 Å². The first kappa shape index (κ1) is 22.0. The average Bonchev–Trinajstić information content (AvgIpc) is 2.79. The van der Waals surface area contributed by atoms with E-state index in [1.807, 2.05) is 0 Å². The Hall–Kier alpha value is -2.17. The van der Waals surface area contributed by atoms with Gasteiger partial charge in [-0.25, -0.2) is 0 Å². The van der Waals surface area contributed by atoms with Gasteiger partial charge in [-0.05, 0) is 67.9 Å². The van der Waals surface area contributed by atoms with Gasteiger partial charge in [-0.3, -0.25) is 14.6 Å². The molecular weight excluding hydrogens is 382 g/mol. The van der Waals surface area contributed by atoms with Gasteiger partial charge in [0.05, 0.1) is 0 Å². The zero-order chi connectivity index (χ0) is 21.5. The van der Waals surface area contributed by atoms with E-state index in [-0.39, 0.29) is 11.8 Å². The third kappa shape index (κ3) is 6.65. The van der Waals surface area contributed by atoms with Gasteiger partial charge >= 0.3 is 0 Å². The van der Waals surface area contributed by atoms with Gasteiger partial charge in [0.2, 0.25) is 5.91 Å². The normalized spacial score (nSPS) is 21.1. The van der Waals surface area contributed by atoms with E-state index in [9.17, 15) is 4.79 Å². The molecule has 0 saturated carbocycles. The molecule has 0 bridgehead atoms. The molecule has 1 N–H and O–H groups in total. The lowest BCUT2D eigenvalue weighted by Gasteiger charge is -2.31. The van der Waals surface area contributed by atoms with E-state index in [4.69, 9.17) is 0 Å². The maximum absolute atomic E-state index is 12.7. The Labute approximate surface area is 187 Å². The summed E-state index contributed by atoms with van der Waals surface area (Å²) in [6.07, 6.45) is 4.56. The van der Waals surface area contributed by atoms with E-state index >= 15 is 0 Å². The van der Waals surface area contributed by atoms with Gasteiger partial charge in [-0.1, -0.05) is 61.5 Å². The van der Waals surface area contributed by atoms with Crippen LogP contribution in [0, 0.1) is 11.8 Å². The van der Waals surface area contributed by atoms with E-state index in [0.717, 1.165) is 44.9 Å². The highest BCUT2D eigenvalue weighted by Crippen LogP contribution is 2.20. The minimum atomic E-state index is 0.144. The summed E-state index contributed by atoms with van der Waals surface area (Å²) in [6, 6.07) is 19.4. The summed E-state index contributed by atoms with van der Waals surface area (Å²) in [5.41, 5.74) is 3.91. The van der Waals surface area contributed by atoms with Crippen molar-refractivity contribution in [2.75, 3.05) is 26.2 Å². The van der Waals surface area contributed by atoms with Gasteiger partial charge in [-0.2, -0.15) is 0 Å². The molecule has 0 aromatic heterocycles. The first-order valence-electron chi connectivity index (χ1n) is 12.0. The fraction of sp³-hybridized carbons (Fsp3) is 0.519. The van der Waals surface area contributed by atoms with Crippen molar-refractivity contribution < 1.29 is 4.79 Å². The van der Waals surface area contributed by atoms with Crippen LogP contribution in [0.3, 0.4) is 0 Å². The van der Waals surface area contributed by atoms with Crippen LogP contribution in [0.1, 0.15) is 49.3 Å². The molecule has 4 nitrogen and oxygen atoms in total. The highest BCUT2D eigenvalue weighted by Gasteiger charge is 2.24. The summed E-state index contributed by atoms with van der Waals surface area (Å²) in [6.45, 7) is 9.38. The Bertz CT molecular complexity index is 829. The van der Waals surface area contributed by atoms with Crippen LogP contribution < -0.4 is 5.32 Å². The number of piperidine rings is 2. The Morgan fingerprint density at radius 3 is 2.35 bits per heavy atom. The maximum Gasteiger partial charge on any atom is 0.223 e. The topological polar surface area (TPSA) is 35.6 Å². The van der Waals surface area contributed by atoms with Crippen LogP contribution in [-0.4, -0.2) is 41.9 Å². The lowest BCUT2D eigenvalue weighted by molar-refractivity contribution is -0.126. The zero-order valence-electron chi connectivity index (χ0n) is 18.9. The molecule has 0 aliphatic carbocycles. The van der Waals surface area contributed by atoms with Gasteiger partial charge in [0.1, 0.15) is 0 Å². The van der Waals surface area contributed by atoms with E-state index < -0.39 is 0 Å². The van der Waals surface area contributed by atoms with Gasteiger partial charge in [0, 0.05) is 32.1 Å². The van der Waals surface area contributed by atoms with Crippen LogP contribution >= 0.6 is 0 Å². The lowest BCUT2D eigenvalue weighted by atomic mass is 9.95. The number of likely N-dealkylation sites (tertiary alicyclic amines) is 2. The summed E-state index contributed by atoms with van der Waals surface area (Å²) in [5.74, 6) is 1.16. The summed E-state index contributed by atoms with van der Waals surface area (Å²) < 4.78 is 0. The van der Waals surface area contributed by atoms with Crippen molar-refractivity contribution >= 4 is 5.91 Å². The minimum Gasteiger partial charge on any atom is -0.352 e.